The van der Waals surface area contributed by atoms with Gasteiger partial charge in [-0.25, -0.2) is 9.50 Å². The van der Waals surface area contributed by atoms with Gasteiger partial charge in [0, 0.05) is 15.7 Å². The van der Waals surface area contributed by atoms with Crippen molar-refractivity contribution in [3.8, 4) is 0 Å². The first-order valence-corrected chi connectivity index (χ1v) is 7.01. The number of rotatable bonds is 2. The predicted molar refractivity (Wildman–Crippen MR) is 84.6 cm³/mol. The Bertz CT molecular complexity index is 936. The van der Waals surface area contributed by atoms with E-state index >= 15 is 0 Å². The average molecular weight is 318 g/mol. The molecule has 104 valence electrons. The third kappa shape index (κ3) is 2.20. The molecule has 2 N–H and O–H groups in total. The molecule has 0 unspecified atom stereocenters. The molecule has 4 aromatic rings. The van der Waals surface area contributed by atoms with E-state index in [-0.39, 0.29) is 0 Å². The fourth-order valence-corrected chi connectivity index (χ4v) is 2.77. The van der Waals surface area contributed by atoms with Crippen LogP contribution >= 0.6 is 23.2 Å². The van der Waals surface area contributed by atoms with Crippen LogP contribution in [0.2, 0.25) is 10.0 Å². The summed E-state index contributed by atoms with van der Waals surface area (Å²) in [4.78, 5) is 8.84. The first-order valence-electron chi connectivity index (χ1n) is 6.25. The molecule has 21 heavy (non-hydrogen) atoms. The lowest BCUT2D eigenvalue weighted by molar-refractivity contribution is 1.01. The molecular formula is C14H9Cl2N5. The second kappa shape index (κ2) is 4.65. The molecule has 2 aromatic heterocycles. The SMILES string of the molecule is Clc1cc(Cl)cc(Nc2nc3nc4ccccc4n3[nH]2)c1. The minimum Gasteiger partial charge on any atom is -0.324 e. The van der Waals surface area contributed by atoms with Gasteiger partial charge in [-0.2, -0.15) is 4.98 Å². The van der Waals surface area contributed by atoms with Crippen LogP contribution in [0, 0.1) is 0 Å². The zero-order valence-electron chi connectivity index (χ0n) is 10.6. The molecule has 0 aliphatic heterocycles. The summed E-state index contributed by atoms with van der Waals surface area (Å²) in [7, 11) is 0. The molecule has 4 rings (SSSR count). The van der Waals surface area contributed by atoms with Gasteiger partial charge in [-0.15, -0.1) is 0 Å². The smallest absolute Gasteiger partial charge is 0.253 e. The van der Waals surface area contributed by atoms with Crippen molar-refractivity contribution in [2.45, 2.75) is 0 Å². The van der Waals surface area contributed by atoms with Gasteiger partial charge in [0.2, 0.25) is 5.95 Å². The molecule has 0 fully saturated rings. The van der Waals surface area contributed by atoms with Crippen LogP contribution in [0.3, 0.4) is 0 Å². The van der Waals surface area contributed by atoms with E-state index in [4.69, 9.17) is 23.2 Å². The van der Waals surface area contributed by atoms with Crippen LogP contribution in [-0.4, -0.2) is 19.6 Å². The summed E-state index contributed by atoms with van der Waals surface area (Å²) in [6, 6.07) is 13.1. The summed E-state index contributed by atoms with van der Waals surface area (Å²) in [5, 5.41) is 7.40. The maximum absolute atomic E-state index is 5.98. The molecular weight excluding hydrogens is 309 g/mol. The maximum atomic E-state index is 5.98. The predicted octanol–water partition coefficient (Wildman–Crippen LogP) is 4.26. The fraction of sp³-hybridized carbons (Fsp3) is 0. The molecule has 0 saturated heterocycles. The van der Waals surface area contributed by atoms with Gasteiger partial charge in [-0.1, -0.05) is 35.3 Å². The van der Waals surface area contributed by atoms with Gasteiger partial charge in [0.05, 0.1) is 11.0 Å². The molecule has 7 heteroatoms. The Balaban J connectivity index is 1.77. The highest BCUT2D eigenvalue weighted by Crippen LogP contribution is 2.25. The molecule has 0 spiro atoms. The van der Waals surface area contributed by atoms with E-state index in [1.54, 1.807) is 18.2 Å². The van der Waals surface area contributed by atoms with Gasteiger partial charge in [0.15, 0.2) is 0 Å². The van der Waals surface area contributed by atoms with E-state index in [2.05, 4.69) is 20.4 Å². The largest absolute Gasteiger partial charge is 0.324 e. The maximum Gasteiger partial charge on any atom is 0.253 e. The van der Waals surface area contributed by atoms with Crippen LogP contribution in [0.5, 0.6) is 0 Å². The Morgan fingerprint density at radius 1 is 1.00 bits per heavy atom. The number of nitrogens with zero attached hydrogens (tertiary/aromatic N) is 3. The van der Waals surface area contributed by atoms with Gasteiger partial charge < -0.3 is 5.32 Å². The molecule has 5 nitrogen and oxygen atoms in total. The van der Waals surface area contributed by atoms with Crippen molar-refractivity contribution in [1.29, 1.82) is 0 Å². The summed E-state index contributed by atoms with van der Waals surface area (Å²) in [5.74, 6) is 1.17. The lowest BCUT2D eigenvalue weighted by Gasteiger charge is -2.03. The number of aromatic nitrogens is 4. The number of aromatic amines is 1. The van der Waals surface area contributed by atoms with Crippen LogP contribution in [-0.2, 0) is 0 Å². The normalized spacial score (nSPS) is 11.3. The minimum atomic E-state index is 0.562. The lowest BCUT2D eigenvalue weighted by Crippen LogP contribution is -1.93. The van der Waals surface area contributed by atoms with Gasteiger partial charge in [0.1, 0.15) is 0 Å². The summed E-state index contributed by atoms with van der Waals surface area (Å²) in [6.07, 6.45) is 0. The summed E-state index contributed by atoms with van der Waals surface area (Å²) < 4.78 is 1.82. The highest BCUT2D eigenvalue weighted by atomic mass is 35.5. The first kappa shape index (κ1) is 12.5. The third-order valence-corrected chi connectivity index (χ3v) is 3.53. The quantitative estimate of drug-likeness (QED) is 0.580. The van der Waals surface area contributed by atoms with Crippen molar-refractivity contribution < 1.29 is 0 Å². The van der Waals surface area contributed by atoms with E-state index < -0.39 is 0 Å². The zero-order valence-corrected chi connectivity index (χ0v) is 12.2. The molecule has 0 atom stereocenters. The molecule has 2 heterocycles. The van der Waals surface area contributed by atoms with Gasteiger partial charge in [0.25, 0.3) is 5.78 Å². The standard InChI is InChI=1S/C14H9Cl2N5/c15-8-5-9(16)7-10(6-8)17-13-19-14-18-11-3-1-2-4-12(11)21(14)20-13/h1-7H,(H2,17,18,19,20). The van der Waals surface area contributed by atoms with E-state index in [1.807, 2.05) is 28.8 Å². The first-order chi connectivity index (χ1) is 10.2. The van der Waals surface area contributed by atoms with Crippen molar-refractivity contribution in [2.24, 2.45) is 0 Å². The molecule has 0 saturated carbocycles. The number of nitrogens with one attached hydrogen (secondary N) is 2. The number of imidazole rings is 1. The van der Waals surface area contributed by atoms with Crippen molar-refractivity contribution in [1.82, 2.24) is 19.6 Å². The lowest BCUT2D eigenvalue weighted by atomic mass is 10.3. The van der Waals surface area contributed by atoms with Crippen LogP contribution < -0.4 is 5.32 Å². The number of benzene rings is 2. The molecule has 2 aromatic carbocycles. The number of halogens is 2. The number of hydrogen-bond acceptors (Lipinski definition) is 3. The second-order valence-corrected chi connectivity index (χ2v) is 5.46. The molecule has 0 bridgehead atoms. The Morgan fingerprint density at radius 2 is 1.76 bits per heavy atom. The fourth-order valence-electron chi connectivity index (χ4n) is 2.25. The number of H-pyrrole nitrogens is 1. The van der Waals surface area contributed by atoms with Crippen LogP contribution in [0.1, 0.15) is 0 Å². The summed E-state index contributed by atoms with van der Waals surface area (Å²) in [6.45, 7) is 0. The summed E-state index contributed by atoms with van der Waals surface area (Å²) in [5.41, 5.74) is 2.62. The number of para-hydroxylation sites is 2. The van der Waals surface area contributed by atoms with Gasteiger partial charge >= 0.3 is 0 Å². The monoisotopic (exact) mass is 317 g/mol. The Morgan fingerprint density at radius 3 is 2.57 bits per heavy atom. The zero-order chi connectivity index (χ0) is 14.4. The van der Waals surface area contributed by atoms with E-state index in [0.717, 1.165) is 16.7 Å². The highest BCUT2D eigenvalue weighted by molar-refractivity contribution is 6.35. The van der Waals surface area contributed by atoms with Crippen LogP contribution in [0.25, 0.3) is 16.8 Å². The Labute approximate surface area is 129 Å². The molecule has 0 aliphatic carbocycles. The third-order valence-electron chi connectivity index (χ3n) is 3.10. The van der Waals surface area contributed by atoms with Crippen LogP contribution in [0.15, 0.2) is 42.5 Å². The number of anilines is 2. The van der Waals surface area contributed by atoms with E-state index in [9.17, 15) is 0 Å². The topological polar surface area (TPSA) is 58.0 Å². The van der Waals surface area contributed by atoms with Crippen LogP contribution in [0.4, 0.5) is 11.6 Å². The van der Waals surface area contributed by atoms with Crippen molar-refractivity contribution in [2.75, 3.05) is 5.32 Å². The van der Waals surface area contributed by atoms with E-state index in [1.165, 1.54) is 0 Å². The number of fused-ring (bicyclic) bond motifs is 3. The summed E-state index contributed by atoms with van der Waals surface area (Å²) >= 11 is 12.0. The molecule has 0 aliphatic rings. The number of hydrogen-bond donors (Lipinski definition) is 2. The van der Waals surface area contributed by atoms with Crippen molar-refractivity contribution in [3.63, 3.8) is 0 Å². The Kier molecular flexibility index (Phi) is 2.77. The average Bonchev–Trinajstić information content (AvgIpc) is 2.94. The molecule has 0 amide bonds. The van der Waals surface area contributed by atoms with E-state index in [0.29, 0.717) is 21.8 Å². The highest BCUT2D eigenvalue weighted by Gasteiger charge is 2.09. The Hall–Kier alpha value is -2.24. The second-order valence-electron chi connectivity index (χ2n) is 4.59. The molecule has 0 radical (unpaired) electrons. The van der Waals surface area contributed by atoms with Gasteiger partial charge in [-0.3, -0.25) is 5.10 Å². The van der Waals surface area contributed by atoms with Crippen molar-refractivity contribution in [3.05, 3.63) is 52.5 Å². The van der Waals surface area contributed by atoms with Gasteiger partial charge in [-0.05, 0) is 30.3 Å². The minimum absolute atomic E-state index is 0.562. The van der Waals surface area contributed by atoms with Crippen molar-refractivity contribution >= 4 is 51.6 Å².